The van der Waals surface area contributed by atoms with Crippen molar-refractivity contribution in [2.75, 3.05) is 0 Å². The van der Waals surface area contributed by atoms with E-state index in [2.05, 4.69) is 4.98 Å². The van der Waals surface area contributed by atoms with Crippen molar-refractivity contribution in [2.45, 2.75) is 32.0 Å². The van der Waals surface area contributed by atoms with E-state index in [-0.39, 0.29) is 17.7 Å². The minimum Gasteiger partial charge on any atom is -0.387 e. The van der Waals surface area contributed by atoms with Crippen LogP contribution in [0.25, 0.3) is 0 Å². The van der Waals surface area contributed by atoms with E-state index in [1.807, 2.05) is 0 Å². The van der Waals surface area contributed by atoms with Crippen LogP contribution in [0.2, 0.25) is 0 Å². The van der Waals surface area contributed by atoms with Gasteiger partial charge in [0, 0.05) is 12.6 Å². The Hall–Kier alpha value is -1.49. The second-order valence-electron chi connectivity index (χ2n) is 4.19. The molecule has 0 saturated heterocycles. The van der Waals surface area contributed by atoms with Crippen LogP contribution in [0.1, 0.15) is 29.9 Å². The minimum absolute atomic E-state index is 0.136. The molecule has 0 aliphatic heterocycles. The molecule has 0 bridgehead atoms. The summed E-state index contributed by atoms with van der Waals surface area (Å²) in [4.78, 5) is 15.0. The number of aliphatic hydroxyl groups is 1. The van der Waals surface area contributed by atoms with Gasteiger partial charge in [0.1, 0.15) is 6.17 Å². The molecule has 0 aliphatic carbocycles. The van der Waals surface area contributed by atoms with Gasteiger partial charge in [-0.15, -0.1) is 0 Å². The Morgan fingerprint density at radius 1 is 1.69 bits per heavy atom. The number of nitrogens with two attached hydrogens (primary N) is 1. The predicted octanol–water partition coefficient (Wildman–Crippen LogP) is 0.832. The molecule has 5 heteroatoms. The summed E-state index contributed by atoms with van der Waals surface area (Å²) in [5, 5.41) is 9.46. The highest BCUT2D eigenvalue weighted by molar-refractivity contribution is 5.93. The molecule has 1 aromatic heterocycles. The van der Waals surface area contributed by atoms with Crippen molar-refractivity contribution in [3.8, 4) is 0 Å². The Labute approximate surface area is 93.3 Å². The summed E-state index contributed by atoms with van der Waals surface area (Å²) in [5.74, 6) is -0.647. The number of carbonyl (C=O) groups excluding carboxylic acids is 1. The van der Waals surface area contributed by atoms with E-state index >= 15 is 0 Å². The van der Waals surface area contributed by atoms with Crippen molar-refractivity contribution in [1.29, 1.82) is 0 Å². The molecule has 0 saturated carbocycles. The zero-order valence-corrected chi connectivity index (χ0v) is 9.27. The lowest BCUT2D eigenvalue weighted by Gasteiger charge is -2.22. The number of pyridine rings is 1. The highest BCUT2D eigenvalue weighted by atomic mass is 19.1. The third kappa shape index (κ3) is 3.00. The lowest BCUT2D eigenvalue weighted by molar-refractivity contribution is -0.00308. The van der Waals surface area contributed by atoms with Crippen LogP contribution in [0.4, 0.5) is 4.39 Å². The van der Waals surface area contributed by atoms with Crippen LogP contribution in [-0.2, 0) is 6.42 Å². The Balaban J connectivity index is 2.93. The van der Waals surface area contributed by atoms with Gasteiger partial charge in [0.2, 0.25) is 0 Å². The third-order valence-electron chi connectivity index (χ3n) is 2.29. The third-order valence-corrected chi connectivity index (χ3v) is 2.29. The smallest absolute Gasteiger partial charge is 0.250 e. The van der Waals surface area contributed by atoms with E-state index in [1.165, 1.54) is 26.1 Å². The summed E-state index contributed by atoms with van der Waals surface area (Å²) in [5.41, 5.74) is 4.13. The van der Waals surface area contributed by atoms with Crippen LogP contribution in [0, 0.1) is 0 Å². The van der Waals surface area contributed by atoms with E-state index in [1.54, 1.807) is 6.07 Å². The summed E-state index contributed by atoms with van der Waals surface area (Å²) in [6, 6.07) is 3.04. The normalized spacial score (nSPS) is 13.5. The van der Waals surface area contributed by atoms with E-state index in [4.69, 9.17) is 5.73 Å². The molecule has 0 radical (unpaired) electrons. The van der Waals surface area contributed by atoms with Crippen molar-refractivity contribution in [3.05, 3.63) is 29.6 Å². The number of alkyl halides is 1. The maximum atomic E-state index is 13.6. The molecule has 1 aromatic rings. The SMILES string of the molecule is CC(C)(O)[C@H](F)Cc1ncccc1C(N)=O. The van der Waals surface area contributed by atoms with Gasteiger partial charge in [-0.25, -0.2) is 4.39 Å². The fraction of sp³-hybridized carbons (Fsp3) is 0.455. The summed E-state index contributed by atoms with van der Waals surface area (Å²) in [7, 11) is 0. The summed E-state index contributed by atoms with van der Waals surface area (Å²) in [6.45, 7) is 2.73. The monoisotopic (exact) mass is 226 g/mol. The van der Waals surface area contributed by atoms with Crippen LogP contribution in [0.3, 0.4) is 0 Å². The number of halogens is 1. The summed E-state index contributed by atoms with van der Waals surface area (Å²) in [6.07, 6.45) is -0.179. The van der Waals surface area contributed by atoms with Crippen LogP contribution in [0.5, 0.6) is 0 Å². The van der Waals surface area contributed by atoms with Crippen LogP contribution in [-0.4, -0.2) is 27.8 Å². The number of amides is 1. The number of carbonyl (C=O) groups is 1. The van der Waals surface area contributed by atoms with Gasteiger partial charge in [0.05, 0.1) is 16.9 Å². The van der Waals surface area contributed by atoms with Crippen molar-refractivity contribution in [2.24, 2.45) is 5.73 Å². The first-order valence-electron chi connectivity index (χ1n) is 4.92. The Morgan fingerprint density at radius 3 is 2.81 bits per heavy atom. The van der Waals surface area contributed by atoms with E-state index < -0.39 is 17.7 Å². The first-order valence-corrected chi connectivity index (χ1v) is 4.92. The zero-order chi connectivity index (χ0) is 12.3. The van der Waals surface area contributed by atoms with Crippen LogP contribution in [0.15, 0.2) is 18.3 Å². The number of nitrogens with zero attached hydrogens (tertiary/aromatic N) is 1. The summed E-state index contributed by atoms with van der Waals surface area (Å²) < 4.78 is 13.6. The molecule has 0 aromatic carbocycles. The molecule has 0 aliphatic rings. The molecule has 0 unspecified atom stereocenters. The average molecular weight is 226 g/mol. The zero-order valence-electron chi connectivity index (χ0n) is 9.27. The van der Waals surface area contributed by atoms with Gasteiger partial charge in [0.15, 0.2) is 0 Å². The molecule has 0 spiro atoms. The summed E-state index contributed by atoms with van der Waals surface area (Å²) >= 11 is 0. The van der Waals surface area contributed by atoms with Crippen molar-refractivity contribution in [3.63, 3.8) is 0 Å². The fourth-order valence-electron chi connectivity index (χ4n) is 1.24. The molecule has 0 fully saturated rings. The molecule has 1 rings (SSSR count). The first-order chi connectivity index (χ1) is 7.32. The highest BCUT2D eigenvalue weighted by Crippen LogP contribution is 2.18. The number of rotatable bonds is 4. The number of hydrogen-bond acceptors (Lipinski definition) is 3. The van der Waals surface area contributed by atoms with Gasteiger partial charge in [-0.05, 0) is 26.0 Å². The first kappa shape index (κ1) is 12.6. The molecule has 4 nitrogen and oxygen atoms in total. The van der Waals surface area contributed by atoms with Gasteiger partial charge < -0.3 is 10.8 Å². The number of hydrogen-bond donors (Lipinski definition) is 2. The second kappa shape index (κ2) is 4.57. The Morgan fingerprint density at radius 2 is 2.31 bits per heavy atom. The molecule has 16 heavy (non-hydrogen) atoms. The molecule has 1 atom stereocenters. The molecule has 3 N–H and O–H groups in total. The number of aromatic nitrogens is 1. The average Bonchev–Trinajstić information content (AvgIpc) is 2.16. The maximum Gasteiger partial charge on any atom is 0.250 e. The molecule has 1 heterocycles. The van der Waals surface area contributed by atoms with Gasteiger partial charge in [0.25, 0.3) is 5.91 Å². The quantitative estimate of drug-likeness (QED) is 0.798. The fourth-order valence-corrected chi connectivity index (χ4v) is 1.24. The predicted molar refractivity (Wildman–Crippen MR) is 57.7 cm³/mol. The van der Waals surface area contributed by atoms with E-state index in [0.29, 0.717) is 0 Å². The molecule has 1 amide bonds. The van der Waals surface area contributed by atoms with Gasteiger partial charge >= 0.3 is 0 Å². The Bertz CT molecular complexity index is 388. The van der Waals surface area contributed by atoms with E-state index in [9.17, 15) is 14.3 Å². The van der Waals surface area contributed by atoms with Gasteiger partial charge in [-0.2, -0.15) is 0 Å². The lowest BCUT2D eigenvalue weighted by atomic mass is 9.97. The highest BCUT2D eigenvalue weighted by Gasteiger charge is 2.28. The number of primary amides is 1. The van der Waals surface area contributed by atoms with Crippen LogP contribution >= 0.6 is 0 Å². The maximum absolute atomic E-state index is 13.6. The lowest BCUT2D eigenvalue weighted by Crippen LogP contribution is -2.35. The van der Waals surface area contributed by atoms with Crippen molar-refractivity contribution >= 4 is 5.91 Å². The second-order valence-corrected chi connectivity index (χ2v) is 4.19. The van der Waals surface area contributed by atoms with E-state index in [0.717, 1.165) is 0 Å². The standard InChI is InChI=1S/C11H15FN2O2/c1-11(2,16)9(12)6-8-7(10(13)15)4-3-5-14-8/h3-5,9,16H,6H2,1-2H3,(H2,13,15)/t9-/m1/s1. The topological polar surface area (TPSA) is 76.2 Å². The minimum atomic E-state index is -1.50. The largest absolute Gasteiger partial charge is 0.387 e. The van der Waals surface area contributed by atoms with Crippen LogP contribution < -0.4 is 5.73 Å². The van der Waals surface area contributed by atoms with Crippen molar-refractivity contribution in [1.82, 2.24) is 4.98 Å². The van der Waals surface area contributed by atoms with Gasteiger partial charge in [-0.1, -0.05) is 0 Å². The van der Waals surface area contributed by atoms with Crippen molar-refractivity contribution < 1.29 is 14.3 Å². The molecular weight excluding hydrogens is 211 g/mol. The molecule has 88 valence electrons. The Kier molecular flexibility index (Phi) is 3.59. The molecular formula is C11H15FN2O2. The van der Waals surface area contributed by atoms with Gasteiger partial charge in [-0.3, -0.25) is 9.78 Å².